The van der Waals surface area contributed by atoms with Gasteiger partial charge in [-0.2, -0.15) is 0 Å². The predicted molar refractivity (Wildman–Crippen MR) is 94.9 cm³/mol. The van der Waals surface area contributed by atoms with Crippen LogP contribution in [0.1, 0.15) is 54.4 Å². The molecule has 1 saturated carbocycles. The summed E-state index contributed by atoms with van der Waals surface area (Å²) >= 11 is 0. The van der Waals surface area contributed by atoms with E-state index in [0.29, 0.717) is 25.4 Å². The maximum atomic E-state index is 12.8. The molecule has 0 spiro atoms. The van der Waals surface area contributed by atoms with Gasteiger partial charge >= 0.3 is 0 Å². The third-order valence-electron chi connectivity index (χ3n) is 5.45. The van der Waals surface area contributed by atoms with Gasteiger partial charge in [0, 0.05) is 38.2 Å². The van der Waals surface area contributed by atoms with Crippen molar-refractivity contribution in [1.82, 2.24) is 9.80 Å². The van der Waals surface area contributed by atoms with Gasteiger partial charge < -0.3 is 9.80 Å². The van der Waals surface area contributed by atoms with Gasteiger partial charge in [0.2, 0.25) is 5.91 Å². The highest BCUT2D eigenvalue weighted by Gasteiger charge is 2.26. The van der Waals surface area contributed by atoms with Crippen LogP contribution < -0.4 is 0 Å². The van der Waals surface area contributed by atoms with Crippen molar-refractivity contribution in [3.63, 3.8) is 0 Å². The molecular formula is C20H28N2O2. The van der Waals surface area contributed by atoms with Crippen molar-refractivity contribution in [2.45, 2.75) is 45.4 Å². The fourth-order valence-corrected chi connectivity index (χ4v) is 3.94. The van der Waals surface area contributed by atoms with Crippen molar-refractivity contribution in [3.05, 3.63) is 35.4 Å². The molecule has 0 N–H and O–H groups in total. The standard InChI is InChI=1S/C20H28N2O2/c1-16-7-2-5-10-18(16)20(24)22-12-6-11-21(13-14-22)19(23)15-17-8-3-4-9-17/h2,5,7,10,17H,3-4,6,8-9,11-15H2,1H3. The number of rotatable bonds is 3. The molecule has 3 rings (SSSR count). The molecule has 24 heavy (non-hydrogen) atoms. The number of carbonyl (C=O) groups excluding carboxylic acids is 2. The molecule has 0 atom stereocenters. The SMILES string of the molecule is Cc1ccccc1C(=O)N1CCCN(C(=O)CC2CCCC2)CC1. The molecule has 4 heteroatoms. The molecule has 1 saturated heterocycles. The summed E-state index contributed by atoms with van der Waals surface area (Å²) in [6, 6.07) is 7.74. The molecule has 2 fully saturated rings. The Morgan fingerprint density at radius 1 is 0.958 bits per heavy atom. The lowest BCUT2D eigenvalue weighted by Crippen LogP contribution is -2.38. The molecule has 130 valence electrons. The summed E-state index contributed by atoms with van der Waals surface area (Å²) in [4.78, 5) is 29.2. The monoisotopic (exact) mass is 328 g/mol. The highest BCUT2D eigenvalue weighted by Crippen LogP contribution is 2.28. The molecule has 0 radical (unpaired) electrons. The van der Waals surface area contributed by atoms with E-state index in [1.165, 1.54) is 25.7 Å². The van der Waals surface area contributed by atoms with Crippen molar-refractivity contribution in [3.8, 4) is 0 Å². The molecule has 1 heterocycles. The average Bonchev–Trinajstić information content (AvgIpc) is 2.96. The Bertz CT molecular complexity index is 593. The lowest BCUT2D eigenvalue weighted by molar-refractivity contribution is -0.132. The fraction of sp³-hybridized carbons (Fsp3) is 0.600. The lowest BCUT2D eigenvalue weighted by atomic mass is 10.0. The minimum atomic E-state index is 0.0955. The minimum Gasteiger partial charge on any atom is -0.341 e. The highest BCUT2D eigenvalue weighted by molar-refractivity contribution is 5.95. The molecule has 0 bridgehead atoms. The van der Waals surface area contributed by atoms with Crippen molar-refractivity contribution >= 4 is 11.8 Å². The second-order valence-corrected chi connectivity index (χ2v) is 7.20. The van der Waals surface area contributed by atoms with Crippen LogP contribution in [-0.2, 0) is 4.79 Å². The molecule has 1 aromatic carbocycles. The van der Waals surface area contributed by atoms with Gasteiger partial charge in [0.15, 0.2) is 0 Å². The lowest BCUT2D eigenvalue weighted by Gasteiger charge is -2.23. The maximum Gasteiger partial charge on any atom is 0.254 e. The normalized spacial score (nSPS) is 19.4. The van der Waals surface area contributed by atoms with Gasteiger partial charge in [0.1, 0.15) is 0 Å². The Labute approximate surface area is 144 Å². The van der Waals surface area contributed by atoms with Crippen LogP contribution in [0, 0.1) is 12.8 Å². The van der Waals surface area contributed by atoms with E-state index in [0.717, 1.165) is 30.6 Å². The van der Waals surface area contributed by atoms with Gasteiger partial charge in [-0.05, 0) is 43.7 Å². The minimum absolute atomic E-state index is 0.0955. The molecule has 2 amide bonds. The van der Waals surface area contributed by atoms with E-state index < -0.39 is 0 Å². The second kappa shape index (κ2) is 7.82. The zero-order valence-electron chi connectivity index (χ0n) is 14.7. The Hall–Kier alpha value is -1.84. The van der Waals surface area contributed by atoms with Crippen LogP contribution in [0.5, 0.6) is 0 Å². The molecule has 4 nitrogen and oxygen atoms in total. The van der Waals surface area contributed by atoms with Crippen LogP contribution in [0.3, 0.4) is 0 Å². The van der Waals surface area contributed by atoms with Crippen LogP contribution in [-0.4, -0.2) is 47.8 Å². The van der Waals surface area contributed by atoms with Crippen molar-refractivity contribution < 1.29 is 9.59 Å². The molecule has 2 aliphatic rings. The summed E-state index contributed by atoms with van der Waals surface area (Å²) in [5.41, 5.74) is 1.80. The number of amides is 2. The summed E-state index contributed by atoms with van der Waals surface area (Å²) in [5.74, 6) is 0.968. The number of carbonyl (C=O) groups is 2. The van der Waals surface area contributed by atoms with Crippen molar-refractivity contribution in [2.75, 3.05) is 26.2 Å². The van der Waals surface area contributed by atoms with Crippen LogP contribution in [0.25, 0.3) is 0 Å². The maximum absolute atomic E-state index is 12.8. The van der Waals surface area contributed by atoms with Crippen LogP contribution in [0.2, 0.25) is 0 Å². The Morgan fingerprint density at radius 3 is 2.38 bits per heavy atom. The summed E-state index contributed by atoms with van der Waals surface area (Å²) in [6.45, 7) is 4.80. The van der Waals surface area contributed by atoms with Gasteiger partial charge in [-0.1, -0.05) is 31.0 Å². The molecule has 1 aliphatic heterocycles. The van der Waals surface area contributed by atoms with Gasteiger partial charge in [-0.3, -0.25) is 9.59 Å². The zero-order chi connectivity index (χ0) is 16.9. The van der Waals surface area contributed by atoms with Gasteiger partial charge in [0.05, 0.1) is 0 Å². The number of aryl methyl sites for hydroxylation is 1. The first-order valence-corrected chi connectivity index (χ1v) is 9.28. The summed E-state index contributed by atoms with van der Waals surface area (Å²) < 4.78 is 0. The topological polar surface area (TPSA) is 40.6 Å². The van der Waals surface area contributed by atoms with E-state index in [1.807, 2.05) is 41.0 Å². The number of benzene rings is 1. The molecule has 0 unspecified atom stereocenters. The second-order valence-electron chi connectivity index (χ2n) is 7.20. The summed E-state index contributed by atoms with van der Waals surface area (Å²) in [5, 5.41) is 0. The summed E-state index contributed by atoms with van der Waals surface area (Å²) in [6.07, 6.45) is 6.53. The van der Waals surface area contributed by atoms with E-state index >= 15 is 0 Å². The number of nitrogens with zero attached hydrogens (tertiary/aromatic N) is 2. The Balaban J connectivity index is 1.57. The first-order chi connectivity index (χ1) is 11.6. The van der Waals surface area contributed by atoms with Crippen LogP contribution >= 0.6 is 0 Å². The van der Waals surface area contributed by atoms with Gasteiger partial charge in [0.25, 0.3) is 5.91 Å². The fourth-order valence-electron chi connectivity index (χ4n) is 3.94. The quantitative estimate of drug-likeness (QED) is 0.854. The van der Waals surface area contributed by atoms with Crippen LogP contribution in [0.4, 0.5) is 0 Å². The van der Waals surface area contributed by atoms with Gasteiger partial charge in [-0.25, -0.2) is 0 Å². The first kappa shape index (κ1) is 17.0. The van der Waals surface area contributed by atoms with E-state index in [4.69, 9.17) is 0 Å². The predicted octanol–water partition coefficient (Wildman–Crippen LogP) is 3.25. The number of hydrogen-bond donors (Lipinski definition) is 0. The number of hydrogen-bond acceptors (Lipinski definition) is 2. The molecule has 1 aliphatic carbocycles. The van der Waals surface area contributed by atoms with Gasteiger partial charge in [-0.15, -0.1) is 0 Å². The van der Waals surface area contributed by atoms with Crippen LogP contribution in [0.15, 0.2) is 24.3 Å². The Kier molecular flexibility index (Phi) is 5.54. The van der Waals surface area contributed by atoms with Crippen molar-refractivity contribution in [2.24, 2.45) is 5.92 Å². The highest BCUT2D eigenvalue weighted by atomic mass is 16.2. The third-order valence-corrected chi connectivity index (χ3v) is 5.45. The van der Waals surface area contributed by atoms with E-state index in [-0.39, 0.29) is 11.8 Å². The summed E-state index contributed by atoms with van der Waals surface area (Å²) in [7, 11) is 0. The third kappa shape index (κ3) is 3.97. The van der Waals surface area contributed by atoms with E-state index in [9.17, 15) is 9.59 Å². The molecular weight excluding hydrogens is 300 g/mol. The largest absolute Gasteiger partial charge is 0.341 e. The van der Waals surface area contributed by atoms with Crippen molar-refractivity contribution in [1.29, 1.82) is 0 Å². The molecule has 0 aromatic heterocycles. The smallest absolute Gasteiger partial charge is 0.254 e. The zero-order valence-corrected chi connectivity index (χ0v) is 14.7. The molecule has 1 aromatic rings. The Morgan fingerprint density at radius 2 is 1.62 bits per heavy atom. The van der Waals surface area contributed by atoms with E-state index in [2.05, 4.69) is 0 Å². The first-order valence-electron chi connectivity index (χ1n) is 9.28. The van der Waals surface area contributed by atoms with E-state index in [1.54, 1.807) is 0 Å². The average molecular weight is 328 g/mol.